The highest BCUT2D eigenvalue weighted by Gasteiger charge is 2.32. The van der Waals surface area contributed by atoms with Crippen molar-refractivity contribution in [3.8, 4) is 0 Å². The Morgan fingerprint density at radius 2 is 1.18 bits per heavy atom. The first-order valence-corrected chi connectivity index (χ1v) is 9.70. The van der Waals surface area contributed by atoms with E-state index in [1.807, 2.05) is 0 Å². The third-order valence-electron chi connectivity index (χ3n) is 4.25. The van der Waals surface area contributed by atoms with E-state index in [1.165, 1.54) is 13.8 Å². The van der Waals surface area contributed by atoms with Crippen molar-refractivity contribution in [1.29, 1.82) is 0 Å². The van der Waals surface area contributed by atoms with Gasteiger partial charge in [-0.3, -0.25) is 28.8 Å². The van der Waals surface area contributed by atoms with Crippen LogP contribution < -0.4 is 21.7 Å². The third kappa shape index (κ3) is 11.4. The second kappa shape index (κ2) is 13.6. The molecule has 3 amide bonds. The second-order valence-electron chi connectivity index (χ2n) is 7.43. The molecule has 0 aromatic heterocycles. The van der Waals surface area contributed by atoms with Gasteiger partial charge < -0.3 is 42.1 Å². The predicted molar refractivity (Wildman–Crippen MR) is 108 cm³/mol. The summed E-state index contributed by atoms with van der Waals surface area (Å²) in [6, 6.07) is -6.31. The Morgan fingerprint density at radius 3 is 1.61 bits per heavy atom. The number of carbonyl (C=O) groups is 7. The maximum Gasteiger partial charge on any atom is 0.326 e. The monoisotopic (exact) mass is 476 g/mol. The molecule has 0 aliphatic rings. The van der Waals surface area contributed by atoms with Crippen LogP contribution in [0.3, 0.4) is 0 Å². The van der Waals surface area contributed by atoms with Crippen molar-refractivity contribution in [3.05, 3.63) is 0 Å². The minimum absolute atomic E-state index is 0.488. The summed E-state index contributed by atoms with van der Waals surface area (Å²) in [5, 5.41) is 42.0. The average Bonchev–Trinajstić information content (AvgIpc) is 2.66. The SMILES string of the molecule is CC(C)C(NC(=O)C(CC(=O)O)NC(=O)C(CCC(=O)O)NC(=O)C(N)CC(=O)O)C(=O)O. The van der Waals surface area contributed by atoms with E-state index in [2.05, 4.69) is 16.0 Å². The number of rotatable bonds is 15. The Hall–Kier alpha value is -3.75. The molecule has 15 heteroatoms. The molecule has 0 rings (SSSR count). The standard InChI is InChI=1S/C18H28N4O11/c1-7(2)14(18(32)33)22-17(31)10(6-13(27)28)21-16(30)9(3-4-11(23)24)20-15(29)8(19)5-12(25)26/h7-10,14H,3-6,19H2,1-2H3,(H,20,29)(H,21,30)(H,22,31)(H,23,24)(H,25,26)(H,27,28)(H,32,33). The summed E-state index contributed by atoms with van der Waals surface area (Å²) in [6.07, 6.45) is -2.83. The molecule has 4 atom stereocenters. The van der Waals surface area contributed by atoms with Crippen LogP contribution in [0.4, 0.5) is 0 Å². The summed E-state index contributed by atoms with van der Waals surface area (Å²) in [5.41, 5.74) is 5.41. The van der Waals surface area contributed by atoms with E-state index in [-0.39, 0.29) is 0 Å². The molecule has 186 valence electrons. The first-order chi connectivity index (χ1) is 15.1. The van der Waals surface area contributed by atoms with Crippen molar-refractivity contribution < 1.29 is 54.0 Å². The fourth-order valence-corrected chi connectivity index (χ4v) is 2.52. The van der Waals surface area contributed by atoms with Gasteiger partial charge in [-0.15, -0.1) is 0 Å². The molecule has 9 N–H and O–H groups in total. The van der Waals surface area contributed by atoms with E-state index < -0.39 is 97.4 Å². The molecule has 0 heterocycles. The number of hydrogen-bond donors (Lipinski definition) is 8. The van der Waals surface area contributed by atoms with Crippen molar-refractivity contribution in [2.75, 3.05) is 0 Å². The molecule has 0 aromatic rings. The van der Waals surface area contributed by atoms with Gasteiger partial charge in [0.25, 0.3) is 0 Å². The van der Waals surface area contributed by atoms with Gasteiger partial charge in [0.05, 0.1) is 18.9 Å². The number of nitrogens with one attached hydrogen (secondary N) is 3. The summed E-state index contributed by atoms with van der Waals surface area (Å²) in [7, 11) is 0. The quantitative estimate of drug-likeness (QED) is 0.120. The molecule has 15 nitrogen and oxygen atoms in total. The van der Waals surface area contributed by atoms with Gasteiger partial charge in [0, 0.05) is 6.42 Å². The van der Waals surface area contributed by atoms with Crippen LogP contribution in [0.25, 0.3) is 0 Å². The summed E-state index contributed by atoms with van der Waals surface area (Å²) in [6.45, 7) is 2.98. The zero-order chi connectivity index (χ0) is 25.9. The summed E-state index contributed by atoms with van der Waals surface area (Å²) in [4.78, 5) is 81.1. The van der Waals surface area contributed by atoms with E-state index in [0.29, 0.717) is 0 Å². The van der Waals surface area contributed by atoms with E-state index in [1.54, 1.807) is 0 Å². The molecular formula is C18H28N4O11. The van der Waals surface area contributed by atoms with E-state index in [9.17, 15) is 38.7 Å². The van der Waals surface area contributed by atoms with E-state index in [4.69, 9.17) is 21.1 Å². The minimum atomic E-state index is -1.76. The molecule has 0 aliphatic heterocycles. The van der Waals surface area contributed by atoms with Crippen LogP contribution in [0.15, 0.2) is 0 Å². The molecule has 0 radical (unpaired) electrons. The molecule has 0 fully saturated rings. The van der Waals surface area contributed by atoms with Crippen LogP contribution in [-0.4, -0.2) is 86.2 Å². The highest BCUT2D eigenvalue weighted by molar-refractivity contribution is 5.96. The van der Waals surface area contributed by atoms with Crippen molar-refractivity contribution in [2.45, 2.75) is 63.7 Å². The first kappa shape index (κ1) is 29.2. The van der Waals surface area contributed by atoms with E-state index in [0.717, 1.165) is 0 Å². The van der Waals surface area contributed by atoms with Gasteiger partial charge >= 0.3 is 23.9 Å². The molecule has 0 aliphatic carbocycles. The van der Waals surface area contributed by atoms with Crippen LogP contribution in [0.2, 0.25) is 0 Å². The molecule has 4 unspecified atom stereocenters. The number of nitrogens with two attached hydrogens (primary N) is 1. The lowest BCUT2D eigenvalue weighted by Gasteiger charge is -2.25. The Balaban J connectivity index is 5.60. The van der Waals surface area contributed by atoms with Gasteiger partial charge in [-0.1, -0.05) is 13.8 Å². The van der Waals surface area contributed by atoms with Gasteiger partial charge in [-0.2, -0.15) is 0 Å². The van der Waals surface area contributed by atoms with Crippen LogP contribution in [0, 0.1) is 5.92 Å². The average molecular weight is 476 g/mol. The predicted octanol–water partition coefficient (Wildman–Crippen LogP) is -2.68. The number of carbonyl (C=O) groups excluding carboxylic acids is 3. The molecule has 0 aromatic carbocycles. The Morgan fingerprint density at radius 1 is 0.697 bits per heavy atom. The maximum atomic E-state index is 12.6. The van der Waals surface area contributed by atoms with Crippen LogP contribution in [0.5, 0.6) is 0 Å². The largest absolute Gasteiger partial charge is 0.481 e. The molecule has 0 saturated carbocycles. The van der Waals surface area contributed by atoms with Crippen molar-refractivity contribution in [3.63, 3.8) is 0 Å². The summed E-state index contributed by atoms with van der Waals surface area (Å²) in [5.74, 6) is -9.58. The van der Waals surface area contributed by atoms with Crippen LogP contribution in [0.1, 0.15) is 39.5 Å². The lowest BCUT2D eigenvalue weighted by Crippen LogP contribution is -2.58. The topological polar surface area (TPSA) is 263 Å². The van der Waals surface area contributed by atoms with Gasteiger partial charge in [-0.25, -0.2) is 4.79 Å². The Labute approximate surface area is 187 Å². The molecule has 0 spiro atoms. The lowest BCUT2D eigenvalue weighted by atomic mass is 10.0. The zero-order valence-electron chi connectivity index (χ0n) is 17.9. The lowest BCUT2D eigenvalue weighted by molar-refractivity contribution is -0.144. The third-order valence-corrected chi connectivity index (χ3v) is 4.25. The van der Waals surface area contributed by atoms with Gasteiger partial charge in [0.15, 0.2) is 0 Å². The second-order valence-corrected chi connectivity index (χ2v) is 7.43. The number of carboxylic acid groups (broad SMARTS) is 4. The maximum absolute atomic E-state index is 12.6. The molecular weight excluding hydrogens is 448 g/mol. The molecule has 33 heavy (non-hydrogen) atoms. The number of aliphatic carboxylic acids is 4. The number of amides is 3. The van der Waals surface area contributed by atoms with Crippen molar-refractivity contribution >= 4 is 41.6 Å². The Bertz CT molecular complexity index is 783. The van der Waals surface area contributed by atoms with Crippen molar-refractivity contribution in [1.82, 2.24) is 16.0 Å². The highest BCUT2D eigenvalue weighted by atomic mass is 16.4. The highest BCUT2D eigenvalue weighted by Crippen LogP contribution is 2.06. The molecule has 0 bridgehead atoms. The minimum Gasteiger partial charge on any atom is -0.481 e. The number of hydrogen-bond acceptors (Lipinski definition) is 8. The fraction of sp³-hybridized carbons (Fsp3) is 0.611. The van der Waals surface area contributed by atoms with Crippen LogP contribution in [-0.2, 0) is 33.6 Å². The van der Waals surface area contributed by atoms with Crippen LogP contribution >= 0.6 is 0 Å². The number of carboxylic acids is 4. The first-order valence-electron chi connectivity index (χ1n) is 9.70. The van der Waals surface area contributed by atoms with Gasteiger partial charge in [0.1, 0.15) is 18.1 Å². The molecule has 0 saturated heterocycles. The fourth-order valence-electron chi connectivity index (χ4n) is 2.52. The summed E-state index contributed by atoms with van der Waals surface area (Å²) < 4.78 is 0. The van der Waals surface area contributed by atoms with Gasteiger partial charge in [0.2, 0.25) is 17.7 Å². The Kier molecular flexibility index (Phi) is 12.1. The van der Waals surface area contributed by atoms with Gasteiger partial charge in [-0.05, 0) is 12.3 Å². The summed E-state index contributed by atoms with van der Waals surface area (Å²) >= 11 is 0. The van der Waals surface area contributed by atoms with Crippen molar-refractivity contribution in [2.24, 2.45) is 11.7 Å². The normalized spacial score (nSPS) is 14.3. The zero-order valence-corrected chi connectivity index (χ0v) is 17.9. The van der Waals surface area contributed by atoms with E-state index >= 15 is 0 Å². The smallest absolute Gasteiger partial charge is 0.326 e.